The SMILES string of the molecule is N=c1nc2nc(N)[nH]c3c4ccccc4c(n1)c23. The highest BCUT2D eigenvalue weighted by molar-refractivity contribution is 6.26. The van der Waals surface area contributed by atoms with Crippen molar-refractivity contribution in [2.45, 2.75) is 0 Å². The highest BCUT2D eigenvalue weighted by atomic mass is 15.1. The first-order valence-electron chi connectivity index (χ1n) is 5.46. The molecule has 2 aromatic carbocycles. The molecule has 0 amide bonds. The molecule has 0 unspecified atom stereocenters. The van der Waals surface area contributed by atoms with Gasteiger partial charge in [0.05, 0.1) is 16.4 Å². The number of rotatable bonds is 0. The zero-order chi connectivity index (χ0) is 12.3. The van der Waals surface area contributed by atoms with E-state index in [1.807, 2.05) is 24.3 Å². The van der Waals surface area contributed by atoms with E-state index in [1.54, 1.807) is 0 Å². The average Bonchev–Trinajstić information content (AvgIpc) is 2.65. The number of aromatic amines is 1. The normalized spacial score (nSPS) is 11.8. The van der Waals surface area contributed by atoms with Crippen LogP contribution in [0, 0.1) is 5.41 Å². The van der Waals surface area contributed by atoms with Crippen molar-refractivity contribution in [1.82, 2.24) is 19.9 Å². The van der Waals surface area contributed by atoms with Gasteiger partial charge in [0, 0.05) is 10.8 Å². The molecule has 0 spiro atoms. The standard InChI is InChI=1S/C12H8N6/c13-11-15-8-5-3-1-2-4-6(5)9-7(8)10(17-11)18-12(14)16-9/h1-4H,(H4,13,14,15,16,17,18). The molecule has 6 nitrogen and oxygen atoms in total. The number of benzene rings is 1. The first-order chi connectivity index (χ1) is 8.74. The molecule has 2 aromatic heterocycles. The fraction of sp³-hybridized carbons (Fsp3) is 0. The Labute approximate surface area is 100 Å². The van der Waals surface area contributed by atoms with Crippen molar-refractivity contribution < 1.29 is 0 Å². The smallest absolute Gasteiger partial charge is 0.244 e. The van der Waals surface area contributed by atoms with Crippen molar-refractivity contribution in [3.8, 4) is 0 Å². The fourth-order valence-corrected chi connectivity index (χ4v) is 2.40. The topological polar surface area (TPSA) is 104 Å². The van der Waals surface area contributed by atoms with E-state index < -0.39 is 0 Å². The summed E-state index contributed by atoms with van der Waals surface area (Å²) < 4.78 is 0. The second-order valence-electron chi connectivity index (χ2n) is 4.14. The average molecular weight is 236 g/mol. The van der Waals surface area contributed by atoms with E-state index in [-0.39, 0.29) is 5.62 Å². The lowest BCUT2D eigenvalue weighted by Crippen LogP contribution is -2.11. The number of aromatic nitrogens is 4. The van der Waals surface area contributed by atoms with Crippen LogP contribution in [0.25, 0.3) is 32.8 Å². The van der Waals surface area contributed by atoms with Crippen molar-refractivity contribution in [1.29, 1.82) is 5.41 Å². The molecule has 6 heteroatoms. The Morgan fingerprint density at radius 3 is 2.67 bits per heavy atom. The lowest BCUT2D eigenvalue weighted by molar-refractivity contribution is 1.01. The van der Waals surface area contributed by atoms with Gasteiger partial charge < -0.3 is 10.7 Å². The molecule has 86 valence electrons. The number of nitrogens with two attached hydrogens (primary N) is 1. The summed E-state index contributed by atoms with van der Waals surface area (Å²) in [6.45, 7) is 0. The van der Waals surface area contributed by atoms with Gasteiger partial charge in [0.1, 0.15) is 0 Å². The number of nitrogen functional groups attached to an aromatic ring is 1. The summed E-state index contributed by atoms with van der Waals surface area (Å²) in [6, 6.07) is 7.86. The van der Waals surface area contributed by atoms with Crippen LogP contribution < -0.4 is 11.4 Å². The lowest BCUT2D eigenvalue weighted by Gasteiger charge is -1.99. The number of fused-ring (bicyclic) bond motifs is 3. The van der Waals surface area contributed by atoms with Crippen LogP contribution in [0.15, 0.2) is 24.3 Å². The molecule has 4 N–H and O–H groups in total. The van der Waals surface area contributed by atoms with Crippen molar-refractivity contribution in [3.63, 3.8) is 0 Å². The van der Waals surface area contributed by atoms with Gasteiger partial charge in [0.15, 0.2) is 11.6 Å². The molecular formula is C12H8N6. The summed E-state index contributed by atoms with van der Waals surface area (Å²) in [6.07, 6.45) is 0. The number of nitrogens with one attached hydrogen (secondary N) is 2. The highest BCUT2D eigenvalue weighted by Crippen LogP contribution is 2.33. The third-order valence-corrected chi connectivity index (χ3v) is 3.07. The fourth-order valence-electron chi connectivity index (χ4n) is 2.40. The van der Waals surface area contributed by atoms with Gasteiger partial charge in [-0.3, -0.25) is 5.41 Å². The predicted molar refractivity (Wildman–Crippen MR) is 68.1 cm³/mol. The van der Waals surface area contributed by atoms with E-state index >= 15 is 0 Å². The van der Waals surface area contributed by atoms with Gasteiger partial charge in [-0.2, -0.15) is 9.97 Å². The Hall–Kier alpha value is -2.76. The molecule has 0 aliphatic rings. The van der Waals surface area contributed by atoms with Gasteiger partial charge in [-0.25, -0.2) is 4.98 Å². The summed E-state index contributed by atoms with van der Waals surface area (Å²) in [7, 11) is 0. The number of nitrogens with zero attached hydrogens (tertiary/aromatic N) is 3. The third kappa shape index (κ3) is 1.01. The summed E-state index contributed by atoms with van der Waals surface area (Å²) >= 11 is 0. The van der Waals surface area contributed by atoms with E-state index in [0.717, 1.165) is 27.2 Å². The van der Waals surface area contributed by atoms with Crippen LogP contribution in [0.4, 0.5) is 5.95 Å². The maximum atomic E-state index is 7.64. The van der Waals surface area contributed by atoms with Gasteiger partial charge in [0.2, 0.25) is 5.62 Å². The van der Waals surface area contributed by atoms with Crippen molar-refractivity contribution in [3.05, 3.63) is 29.9 Å². The van der Waals surface area contributed by atoms with Crippen LogP contribution in [0.3, 0.4) is 0 Å². The molecular weight excluding hydrogens is 228 g/mol. The number of anilines is 1. The zero-order valence-electron chi connectivity index (χ0n) is 9.23. The Morgan fingerprint density at radius 1 is 1.06 bits per heavy atom. The molecule has 0 saturated carbocycles. The molecule has 0 atom stereocenters. The minimum absolute atomic E-state index is 0.0433. The molecule has 0 saturated heterocycles. The summed E-state index contributed by atoms with van der Waals surface area (Å²) in [5, 5.41) is 10.5. The van der Waals surface area contributed by atoms with Crippen LogP contribution >= 0.6 is 0 Å². The number of hydrogen-bond acceptors (Lipinski definition) is 5. The van der Waals surface area contributed by atoms with Crippen molar-refractivity contribution in [2.75, 3.05) is 5.73 Å². The Kier molecular flexibility index (Phi) is 1.51. The van der Waals surface area contributed by atoms with Crippen LogP contribution in [-0.2, 0) is 0 Å². The highest BCUT2D eigenvalue weighted by Gasteiger charge is 2.15. The Balaban J connectivity index is 2.50. The van der Waals surface area contributed by atoms with E-state index in [9.17, 15) is 0 Å². The Bertz CT molecular complexity index is 955. The quantitative estimate of drug-likeness (QED) is 0.426. The van der Waals surface area contributed by atoms with Gasteiger partial charge in [-0.05, 0) is 0 Å². The Morgan fingerprint density at radius 2 is 1.83 bits per heavy atom. The molecule has 4 rings (SSSR count). The minimum atomic E-state index is -0.0433. The van der Waals surface area contributed by atoms with E-state index in [0.29, 0.717) is 11.6 Å². The molecule has 0 aliphatic heterocycles. The van der Waals surface area contributed by atoms with Crippen LogP contribution in [-0.4, -0.2) is 19.9 Å². The summed E-state index contributed by atoms with van der Waals surface area (Å²) in [5.41, 5.74) is 7.79. The third-order valence-electron chi connectivity index (χ3n) is 3.07. The minimum Gasteiger partial charge on any atom is -0.369 e. The molecule has 18 heavy (non-hydrogen) atoms. The van der Waals surface area contributed by atoms with Gasteiger partial charge >= 0.3 is 0 Å². The second-order valence-corrected chi connectivity index (χ2v) is 4.14. The van der Waals surface area contributed by atoms with Gasteiger partial charge in [0.25, 0.3) is 0 Å². The molecule has 0 fully saturated rings. The molecule has 0 radical (unpaired) electrons. The first-order valence-corrected chi connectivity index (χ1v) is 5.46. The summed E-state index contributed by atoms with van der Waals surface area (Å²) in [5.74, 6) is 0.290. The molecule has 0 aliphatic carbocycles. The van der Waals surface area contributed by atoms with Crippen molar-refractivity contribution in [2.24, 2.45) is 0 Å². The first kappa shape index (κ1) is 9.29. The summed E-state index contributed by atoms with van der Waals surface area (Å²) in [4.78, 5) is 15.4. The number of hydrogen-bond donors (Lipinski definition) is 3. The predicted octanol–water partition coefficient (Wildman–Crippen LogP) is 1.16. The molecule has 2 heterocycles. The number of H-pyrrole nitrogens is 1. The van der Waals surface area contributed by atoms with Crippen LogP contribution in [0.2, 0.25) is 0 Å². The van der Waals surface area contributed by atoms with Gasteiger partial charge in [-0.1, -0.05) is 24.3 Å². The lowest BCUT2D eigenvalue weighted by atomic mass is 10.2. The van der Waals surface area contributed by atoms with E-state index in [2.05, 4.69) is 19.9 Å². The van der Waals surface area contributed by atoms with Crippen LogP contribution in [0.5, 0.6) is 0 Å². The van der Waals surface area contributed by atoms with E-state index in [4.69, 9.17) is 11.1 Å². The van der Waals surface area contributed by atoms with Crippen LogP contribution in [0.1, 0.15) is 0 Å². The monoisotopic (exact) mass is 236 g/mol. The van der Waals surface area contributed by atoms with E-state index in [1.165, 1.54) is 0 Å². The zero-order valence-corrected chi connectivity index (χ0v) is 9.23. The maximum Gasteiger partial charge on any atom is 0.244 e. The maximum absolute atomic E-state index is 7.64. The second kappa shape index (κ2) is 2.92. The molecule has 0 bridgehead atoms. The largest absolute Gasteiger partial charge is 0.369 e. The van der Waals surface area contributed by atoms with Gasteiger partial charge in [-0.15, -0.1) is 0 Å². The molecule has 4 aromatic rings. The van der Waals surface area contributed by atoms with Crippen molar-refractivity contribution >= 4 is 38.8 Å².